The molecule has 0 spiro atoms. The van der Waals surface area contributed by atoms with Crippen molar-refractivity contribution in [2.45, 2.75) is 262 Å². The molecule has 1 aliphatic carbocycles. The van der Waals surface area contributed by atoms with Crippen molar-refractivity contribution in [3.63, 3.8) is 0 Å². The second kappa shape index (κ2) is 44.9. The molecule has 0 radical (unpaired) electrons. The Labute approximate surface area is 413 Å². The smallest absolute Gasteiger partial charge is 0.457 e. The van der Waals surface area contributed by atoms with E-state index < -0.39 is 63.1 Å². The summed E-state index contributed by atoms with van der Waals surface area (Å²) in [7, 11) is -5.03. The molecule has 1 rings (SSSR count). The average Bonchev–Trinajstić information content (AvgIpc) is 3.32. The third-order valence-corrected chi connectivity index (χ3v) is 13.4. The summed E-state index contributed by atoms with van der Waals surface area (Å²) in [5.74, 6) is -0.479. The Morgan fingerprint density at radius 1 is 0.485 bits per heavy atom. The molecular weight excluding hydrogens is 884 g/mol. The first kappa shape index (κ1) is 64.1. The van der Waals surface area contributed by atoms with E-state index in [9.17, 15) is 39.8 Å². The molecule has 0 amide bonds. The van der Waals surface area contributed by atoms with Gasteiger partial charge in [-0.3, -0.25) is 13.8 Å². The number of aliphatic hydroxyl groups excluding tert-OH is 5. The Hall–Kier alpha value is -1.96. The maximum absolute atomic E-state index is 12.9. The summed E-state index contributed by atoms with van der Waals surface area (Å²) in [5.41, 5.74) is 0. The summed E-state index contributed by atoms with van der Waals surface area (Å²) in [4.78, 5) is 23.3. The lowest BCUT2D eigenvalue weighted by Crippen LogP contribution is -2.64. The van der Waals surface area contributed by atoms with Crippen LogP contribution in [0, 0.1) is 0 Å². The van der Waals surface area contributed by atoms with E-state index in [4.69, 9.17) is 18.5 Å². The van der Waals surface area contributed by atoms with Crippen LogP contribution in [0.3, 0.4) is 0 Å². The van der Waals surface area contributed by atoms with Gasteiger partial charge in [-0.2, -0.15) is 0 Å². The second-order valence-corrected chi connectivity index (χ2v) is 20.1. The largest absolute Gasteiger partial charge is 0.472 e. The lowest BCUT2D eigenvalue weighted by atomic mass is 9.85. The maximum Gasteiger partial charge on any atom is 0.472 e. The Morgan fingerprint density at radius 2 is 0.868 bits per heavy atom. The molecule has 0 saturated heterocycles. The molecule has 0 aromatic carbocycles. The molecule has 6 N–H and O–H groups in total. The van der Waals surface area contributed by atoms with Gasteiger partial charge in [0, 0.05) is 13.0 Å². The number of hydrogen-bond donors (Lipinski definition) is 6. The van der Waals surface area contributed by atoms with Gasteiger partial charge in [-0.25, -0.2) is 4.57 Å². The Bertz CT molecular complexity index is 1350. The van der Waals surface area contributed by atoms with Gasteiger partial charge in [0.25, 0.3) is 0 Å². The van der Waals surface area contributed by atoms with Crippen molar-refractivity contribution in [3.8, 4) is 0 Å². The van der Waals surface area contributed by atoms with Crippen molar-refractivity contribution >= 4 is 13.8 Å². The van der Waals surface area contributed by atoms with Crippen LogP contribution in [0.5, 0.6) is 0 Å². The van der Waals surface area contributed by atoms with Crippen molar-refractivity contribution in [1.29, 1.82) is 0 Å². The fourth-order valence-corrected chi connectivity index (χ4v) is 9.12. The number of phosphoric ester groups is 1. The van der Waals surface area contributed by atoms with Gasteiger partial charge in [0.2, 0.25) is 0 Å². The van der Waals surface area contributed by atoms with Gasteiger partial charge < -0.3 is 39.9 Å². The molecule has 0 aliphatic heterocycles. The van der Waals surface area contributed by atoms with E-state index in [-0.39, 0.29) is 13.0 Å². The number of ether oxygens (including phenoxy) is 2. The summed E-state index contributed by atoms with van der Waals surface area (Å²) in [5, 5.41) is 50.4. The lowest BCUT2D eigenvalue weighted by molar-refractivity contribution is -0.220. The number of carbonyl (C=O) groups excluding carboxylic acids is 1. The molecule has 0 aromatic heterocycles. The first-order valence-corrected chi connectivity index (χ1v) is 28.6. The minimum Gasteiger partial charge on any atom is -0.457 e. The van der Waals surface area contributed by atoms with Crippen molar-refractivity contribution in [3.05, 3.63) is 60.8 Å². The molecule has 1 aliphatic rings. The van der Waals surface area contributed by atoms with Crippen LogP contribution in [0.25, 0.3) is 0 Å². The van der Waals surface area contributed by atoms with E-state index >= 15 is 0 Å². The number of carbonyl (C=O) groups is 1. The molecule has 0 bridgehead atoms. The zero-order valence-corrected chi connectivity index (χ0v) is 43.5. The van der Waals surface area contributed by atoms with Crippen LogP contribution in [0.4, 0.5) is 0 Å². The fourth-order valence-electron chi connectivity index (χ4n) is 8.15. The van der Waals surface area contributed by atoms with Crippen LogP contribution >= 0.6 is 7.82 Å². The van der Waals surface area contributed by atoms with E-state index in [1.54, 1.807) is 0 Å². The summed E-state index contributed by atoms with van der Waals surface area (Å²) >= 11 is 0. The molecule has 6 atom stereocenters. The van der Waals surface area contributed by atoms with E-state index in [0.29, 0.717) is 13.0 Å². The first-order chi connectivity index (χ1) is 33.0. The van der Waals surface area contributed by atoms with Crippen LogP contribution in [0.1, 0.15) is 219 Å². The lowest BCUT2D eigenvalue weighted by Gasteiger charge is -2.41. The first-order valence-electron chi connectivity index (χ1n) is 27.1. The topological polar surface area (TPSA) is 192 Å². The van der Waals surface area contributed by atoms with E-state index in [1.807, 2.05) is 0 Å². The molecular formula is C55H99O12P. The van der Waals surface area contributed by atoms with Crippen LogP contribution in [-0.2, 0) is 27.9 Å². The Balaban J connectivity index is 2.31. The summed E-state index contributed by atoms with van der Waals surface area (Å²) < 4.78 is 34.3. The number of allylic oxidation sites excluding steroid dienone is 10. The minimum atomic E-state index is -5.03. The van der Waals surface area contributed by atoms with E-state index in [0.717, 1.165) is 83.5 Å². The van der Waals surface area contributed by atoms with Crippen molar-refractivity contribution in [1.82, 2.24) is 0 Å². The van der Waals surface area contributed by atoms with Gasteiger partial charge in [0.05, 0.1) is 13.2 Å². The highest BCUT2D eigenvalue weighted by Gasteiger charge is 2.51. The van der Waals surface area contributed by atoms with Gasteiger partial charge in [0.1, 0.15) is 42.7 Å². The zero-order chi connectivity index (χ0) is 49.8. The summed E-state index contributed by atoms with van der Waals surface area (Å²) in [6.07, 6.45) is 45.7. The molecule has 6 unspecified atom stereocenters. The number of unbranched alkanes of at least 4 members (excludes halogenated alkanes) is 24. The van der Waals surface area contributed by atoms with Gasteiger partial charge in [-0.05, 0) is 57.8 Å². The molecule has 12 nitrogen and oxygen atoms in total. The number of aliphatic hydroxyl groups is 5. The molecule has 396 valence electrons. The van der Waals surface area contributed by atoms with Gasteiger partial charge >= 0.3 is 13.8 Å². The third-order valence-electron chi connectivity index (χ3n) is 12.4. The summed E-state index contributed by atoms with van der Waals surface area (Å²) in [6, 6.07) is 0. The van der Waals surface area contributed by atoms with E-state index in [1.165, 1.54) is 109 Å². The highest BCUT2D eigenvalue weighted by atomic mass is 31.2. The fraction of sp³-hybridized carbons (Fsp3) is 0.800. The highest BCUT2D eigenvalue weighted by molar-refractivity contribution is 7.47. The van der Waals surface area contributed by atoms with Crippen molar-refractivity contribution in [2.24, 2.45) is 0 Å². The number of rotatable bonds is 46. The standard InChI is InChI=1S/C55H99O12P/c1-3-5-7-9-11-13-15-17-19-21-22-23-24-25-26-27-29-31-33-35-37-39-41-43-45-64-46-48(47-65-68(62,63)67-55-53(60)51(58)50(57)52(59)54(55)61)66-49(56)44-42-40-38-36-34-32-30-28-20-18-16-14-12-10-8-6-4-2/h5,7,11,13,17,19,22-23,25-26,48,50-55,57-61H,3-4,6,8-10,12,14-16,18,20-21,24,27-47H2,1-2H3,(H,62,63)/b7-5-,13-11-,19-17-,23-22-,26-25-. The maximum atomic E-state index is 12.9. The number of hydrogen-bond acceptors (Lipinski definition) is 11. The average molecular weight is 983 g/mol. The third kappa shape index (κ3) is 36.0. The van der Waals surface area contributed by atoms with Crippen LogP contribution in [0.2, 0.25) is 0 Å². The Kier molecular flexibility index (Phi) is 42.3. The normalized spacial score (nSPS) is 21.6. The van der Waals surface area contributed by atoms with Crippen molar-refractivity contribution in [2.75, 3.05) is 19.8 Å². The van der Waals surface area contributed by atoms with Crippen LogP contribution in [-0.4, -0.2) is 98.9 Å². The molecule has 1 fully saturated rings. The van der Waals surface area contributed by atoms with Crippen molar-refractivity contribution < 1.29 is 58.3 Å². The quantitative estimate of drug-likeness (QED) is 0.0147. The van der Waals surface area contributed by atoms with E-state index in [2.05, 4.69) is 74.6 Å². The SMILES string of the molecule is CC/C=C\C/C=C\C/C=C\C/C=C\C/C=C\CCCCCCCCCCOCC(COP(=O)(O)OC1C(O)C(O)C(O)C(O)C1O)OC(=O)CCCCCCCCCCCCCCCCCCC. The number of esters is 1. The number of phosphoric acid groups is 1. The molecule has 68 heavy (non-hydrogen) atoms. The van der Waals surface area contributed by atoms with Gasteiger partial charge in [0.15, 0.2) is 0 Å². The molecule has 0 heterocycles. The summed E-state index contributed by atoms with van der Waals surface area (Å²) in [6.45, 7) is 4.16. The molecule has 13 heteroatoms. The monoisotopic (exact) mass is 983 g/mol. The highest BCUT2D eigenvalue weighted by Crippen LogP contribution is 2.47. The van der Waals surface area contributed by atoms with Crippen LogP contribution < -0.4 is 0 Å². The zero-order valence-electron chi connectivity index (χ0n) is 42.6. The predicted octanol–water partition coefficient (Wildman–Crippen LogP) is 12.5. The second-order valence-electron chi connectivity index (χ2n) is 18.7. The van der Waals surface area contributed by atoms with Gasteiger partial charge in [-0.1, -0.05) is 216 Å². The minimum absolute atomic E-state index is 0.0824. The van der Waals surface area contributed by atoms with Crippen LogP contribution in [0.15, 0.2) is 60.8 Å². The molecule has 0 aromatic rings. The Morgan fingerprint density at radius 3 is 1.32 bits per heavy atom. The molecule has 1 saturated carbocycles. The van der Waals surface area contributed by atoms with Gasteiger partial charge in [-0.15, -0.1) is 0 Å². The predicted molar refractivity (Wildman–Crippen MR) is 276 cm³/mol.